The van der Waals surface area contributed by atoms with Gasteiger partial charge in [0.05, 0.1) is 4.90 Å². The van der Waals surface area contributed by atoms with E-state index >= 15 is 0 Å². The molecule has 0 saturated carbocycles. The Bertz CT molecular complexity index is 876. The summed E-state index contributed by atoms with van der Waals surface area (Å²) in [6.45, 7) is 1.31. The van der Waals surface area contributed by atoms with E-state index in [0.29, 0.717) is 18.0 Å². The Labute approximate surface area is 172 Å². The van der Waals surface area contributed by atoms with Gasteiger partial charge < -0.3 is 21.9 Å². The molecule has 0 spiro atoms. The first-order valence-electron chi connectivity index (χ1n) is 9.34. The van der Waals surface area contributed by atoms with Gasteiger partial charge in [-0.15, -0.1) is 0 Å². The molecule has 0 radical (unpaired) electrons. The first-order valence-corrected chi connectivity index (χ1v) is 10.8. The van der Waals surface area contributed by atoms with Crippen molar-refractivity contribution in [3.05, 3.63) is 64.7 Å². The zero-order valence-corrected chi connectivity index (χ0v) is 17.4. The maximum absolute atomic E-state index is 13.4. The lowest BCUT2D eigenvalue weighted by Gasteiger charge is -2.27. The van der Waals surface area contributed by atoms with Crippen LogP contribution in [0.3, 0.4) is 0 Å². The summed E-state index contributed by atoms with van der Waals surface area (Å²) in [6.07, 6.45) is 6.97. The molecule has 8 N–H and O–H groups in total. The summed E-state index contributed by atoms with van der Waals surface area (Å²) in [7, 11) is -3.41. The molecule has 0 aromatic heterocycles. The summed E-state index contributed by atoms with van der Waals surface area (Å²) in [5.74, 6) is 0. The van der Waals surface area contributed by atoms with Crippen molar-refractivity contribution in [3.8, 4) is 0 Å². The summed E-state index contributed by atoms with van der Waals surface area (Å²) in [5.41, 5.74) is 4.73. The second-order valence-electron chi connectivity index (χ2n) is 7.19. The Morgan fingerprint density at radius 3 is 1.76 bits per heavy atom. The minimum absolute atomic E-state index is 0. The van der Waals surface area contributed by atoms with Crippen molar-refractivity contribution in [3.63, 3.8) is 0 Å². The summed E-state index contributed by atoms with van der Waals surface area (Å²) in [6, 6.07) is 14.2. The Morgan fingerprint density at radius 2 is 1.14 bits per heavy atom. The van der Waals surface area contributed by atoms with Crippen LogP contribution in [0.2, 0.25) is 0 Å². The van der Waals surface area contributed by atoms with Crippen molar-refractivity contribution in [2.75, 3.05) is 13.1 Å². The molecule has 1 saturated heterocycles. The van der Waals surface area contributed by atoms with Crippen LogP contribution in [0.1, 0.15) is 54.4 Å². The molecule has 1 aliphatic heterocycles. The van der Waals surface area contributed by atoms with E-state index in [1.807, 2.05) is 12.1 Å². The van der Waals surface area contributed by atoms with Gasteiger partial charge in [-0.25, -0.2) is 8.42 Å². The zero-order valence-electron chi connectivity index (χ0n) is 16.6. The van der Waals surface area contributed by atoms with Crippen molar-refractivity contribution in [1.82, 2.24) is 4.31 Å². The molecule has 29 heavy (non-hydrogen) atoms. The molecule has 1 heterocycles. The van der Waals surface area contributed by atoms with Crippen LogP contribution < -0.4 is 0 Å². The van der Waals surface area contributed by atoms with E-state index in [4.69, 9.17) is 0 Å². The number of hydrogen-bond donors (Lipinski definition) is 0. The molecule has 4 rings (SSSR count). The molecule has 0 bridgehead atoms. The van der Waals surface area contributed by atoms with Crippen LogP contribution in [0.4, 0.5) is 0 Å². The van der Waals surface area contributed by atoms with Gasteiger partial charge in [0.15, 0.2) is 0 Å². The average Bonchev–Trinajstić information content (AvgIpc) is 2.58. The minimum Gasteiger partial charge on any atom is -0.412 e. The fourth-order valence-electron chi connectivity index (χ4n) is 4.11. The third-order valence-electron chi connectivity index (χ3n) is 5.53. The predicted molar refractivity (Wildman–Crippen MR) is 115 cm³/mol. The van der Waals surface area contributed by atoms with Crippen molar-refractivity contribution in [1.29, 1.82) is 0 Å². The Morgan fingerprint density at radius 1 is 0.621 bits per heavy atom. The van der Waals surface area contributed by atoms with E-state index in [1.54, 1.807) is 10.4 Å². The Kier molecular flexibility index (Phi) is 10.7. The summed E-state index contributed by atoms with van der Waals surface area (Å²) in [4.78, 5) is 0.528. The van der Waals surface area contributed by atoms with Gasteiger partial charge in [0.25, 0.3) is 0 Å². The first-order chi connectivity index (χ1) is 12.2. The average molecular weight is 428 g/mol. The number of fused-ring (bicyclic) bond motifs is 2. The van der Waals surface area contributed by atoms with E-state index in [0.717, 1.165) is 49.7 Å². The van der Waals surface area contributed by atoms with E-state index in [9.17, 15) is 8.42 Å². The Hall–Kier alpha value is -1.81. The van der Waals surface area contributed by atoms with Crippen LogP contribution in [-0.4, -0.2) is 47.7 Å². The lowest BCUT2D eigenvalue weighted by molar-refractivity contribution is 0.364. The summed E-state index contributed by atoms with van der Waals surface area (Å²) < 4.78 is 28.4. The number of hydrogen-bond acceptors (Lipinski definition) is 2. The highest BCUT2D eigenvalue weighted by Crippen LogP contribution is 2.33. The molecular formula is C21H33NO6S. The van der Waals surface area contributed by atoms with Crippen LogP contribution in [0.5, 0.6) is 0 Å². The first kappa shape index (κ1) is 27.2. The van der Waals surface area contributed by atoms with Crippen molar-refractivity contribution in [2.24, 2.45) is 0 Å². The lowest BCUT2D eigenvalue weighted by Crippen LogP contribution is -2.34. The number of sulfonamides is 1. The van der Waals surface area contributed by atoms with Crippen LogP contribution in [-0.2, 0) is 22.9 Å². The topological polar surface area (TPSA) is 163 Å². The maximum atomic E-state index is 13.4. The number of rotatable bonds is 2. The van der Waals surface area contributed by atoms with Gasteiger partial charge in [-0.2, -0.15) is 4.31 Å². The van der Waals surface area contributed by atoms with Crippen molar-refractivity contribution in [2.45, 2.75) is 49.8 Å². The molecule has 1 fully saturated rings. The maximum Gasteiger partial charge on any atom is 0.243 e. The quantitative estimate of drug-likeness (QED) is 0.592. The van der Waals surface area contributed by atoms with Crippen molar-refractivity contribution < 1.29 is 30.3 Å². The van der Waals surface area contributed by atoms with Crippen LogP contribution in [0, 0.1) is 0 Å². The fourth-order valence-corrected chi connectivity index (χ4v) is 5.90. The molecule has 1 aliphatic carbocycles. The van der Waals surface area contributed by atoms with Gasteiger partial charge in [0.1, 0.15) is 0 Å². The summed E-state index contributed by atoms with van der Waals surface area (Å²) >= 11 is 0. The van der Waals surface area contributed by atoms with Crippen molar-refractivity contribution >= 4 is 10.0 Å². The van der Waals surface area contributed by atoms with E-state index in [2.05, 4.69) is 24.3 Å². The van der Waals surface area contributed by atoms with Gasteiger partial charge in [0.2, 0.25) is 10.0 Å². The highest BCUT2D eigenvalue weighted by atomic mass is 32.2. The van der Waals surface area contributed by atoms with E-state index < -0.39 is 10.0 Å². The van der Waals surface area contributed by atoms with Gasteiger partial charge in [-0.05, 0) is 54.0 Å². The third-order valence-corrected chi connectivity index (χ3v) is 7.51. The molecule has 0 unspecified atom stereocenters. The van der Waals surface area contributed by atoms with Crippen LogP contribution in [0.15, 0.2) is 47.4 Å². The molecule has 0 atom stereocenters. The molecule has 7 nitrogen and oxygen atoms in total. The highest BCUT2D eigenvalue weighted by Gasteiger charge is 2.29. The van der Waals surface area contributed by atoms with E-state index in [-0.39, 0.29) is 21.9 Å². The number of nitrogens with zero attached hydrogens (tertiary/aromatic N) is 1. The molecule has 164 valence electrons. The molecule has 0 amide bonds. The molecule has 2 aliphatic rings. The smallest absolute Gasteiger partial charge is 0.243 e. The van der Waals surface area contributed by atoms with Gasteiger partial charge >= 0.3 is 0 Å². The van der Waals surface area contributed by atoms with Crippen LogP contribution >= 0.6 is 0 Å². The Balaban J connectivity index is 0.00000196. The van der Waals surface area contributed by atoms with Gasteiger partial charge in [0, 0.05) is 13.1 Å². The second-order valence-corrected chi connectivity index (χ2v) is 9.09. The van der Waals surface area contributed by atoms with Gasteiger partial charge in [-0.1, -0.05) is 55.7 Å². The number of benzene rings is 2. The highest BCUT2D eigenvalue weighted by molar-refractivity contribution is 7.89. The second kappa shape index (κ2) is 11.4. The third kappa shape index (κ3) is 5.42. The lowest BCUT2D eigenvalue weighted by atomic mass is 9.86. The van der Waals surface area contributed by atoms with Gasteiger partial charge in [-0.3, -0.25) is 0 Å². The van der Waals surface area contributed by atoms with E-state index in [1.165, 1.54) is 17.5 Å². The monoisotopic (exact) mass is 427 g/mol. The SMILES string of the molecule is O.O.O.O.O=S(=O)(c1cccc2c1Cc1ccccc1C2)N1CCCCCCC1. The fraction of sp³-hybridized carbons (Fsp3) is 0.429. The zero-order chi connectivity index (χ0) is 17.3. The minimum atomic E-state index is -3.41. The summed E-state index contributed by atoms with van der Waals surface area (Å²) in [5, 5.41) is 0. The predicted octanol–water partition coefficient (Wildman–Crippen LogP) is 0.838. The largest absolute Gasteiger partial charge is 0.412 e. The van der Waals surface area contributed by atoms with Crippen LogP contribution in [0.25, 0.3) is 0 Å². The molecule has 2 aromatic rings. The molecule has 2 aromatic carbocycles. The molecular weight excluding hydrogens is 394 g/mol. The molecule has 8 heteroatoms. The normalized spacial score (nSPS) is 16.1. The standard InChI is InChI=1S/C21H25NO2S.4H2O/c23-25(24,22-13-6-2-1-3-7-14-22)21-12-8-11-19-15-17-9-4-5-10-18(17)16-20(19)21;;;;/h4-5,8-12H,1-3,6-7,13-16H2;4*1H2.